The van der Waals surface area contributed by atoms with Crippen LogP contribution in [0.5, 0.6) is 0 Å². The Hall–Kier alpha value is -1.94. The van der Waals surface area contributed by atoms with Gasteiger partial charge in [-0.3, -0.25) is 4.99 Å². The maximum atomic E-state index is 13.3. The summed E-state index contributed by atoms with van der Waals surface area (Å²) in [5.74, 6) is 0. The molecule has 0 saturated heterocycles. The van der Waals surface area contributed by atoms with Gasteiger partial charge in [0, 0.05) is 40.3 Å². The van der Waals surface area contributed by atoms with Gasteiger partial charge in [0.05, 0.1) is 12.7 Å². The Morgan fingerprint density at radius 1 is 1.36 bits per heavy atom. The molecule has 0 aliphatic carbocycles. The summed E-state index contributed by atoms with van der Waals surface area (Å²) < 4.78 is 13.3. The van der Waals surface area contributed by atoms with E-state index in [0.29, 0.717) is 12.8 Å². The van der Waals surface area contributed by atoms with Crippen molar-refractivity contribution in [3.8, 4) is 0 Å². The molecule has 152 valence electrons. The topological polar surface area (TPSA) is 15.6 Å². The molecule has 1 aliphatic heterocycles. The van der Waals surface area contributed by atoms with Crippen LogP contribution in [0.4, 0.5) is 4.39 Å². The van der Waals surface area contributed by atoms with Gasteiger partial charge in [-0.05, 0) is 76.3 Å². The number of allylic oxidation sites excluding steroid dienone is 5. The number of alkyl halides is 1. The van der Waals surface area contributed by atoms with Crippen molar-refractivity contribution in [2.45, 2.75) is 60.2 Å². The molecule has 4 heteroatoms. The zero-order chi connectivity index (χ0) is 20.8. The summed E-state index contributed by atoms with van der Waals surface area (Å²) in [5.41, 5.74) is 6.98. The monoisotopic (exact) mass is 400 g/mol. The summed E-state index contributed by atoms with van der Waals surface area (Å²) in [5, 5.41) is 0. The van der Waals surface area contributed by atoms with Crippen molar-refractivity contribution >= 4 is 22.6 Å². The highest BCUT2D eigenvalue weighted by Gasteiger charge is 2.26. The summed E-state index contributed by atoms with van der Waals surface area (Å²) in [4.78, 5) is 9.37. The Balaban J connectivity index is 2.13. The summed E-state index contributed by atoms with van der Waals surface area (Å²) in [7, 11) is 1.79. The van der Waals surface area contributed by atoms with Gasteiger partial charge in [0.15, 0.2) is 0 Å². The van der Waals surface area contributed by atoms with Crippen LogP contribution in [0.25, 0.3) is 5.57 Å². The number of rotatable bonds is 8. The molecular weight excluding hydrogens is 367 g/mol. The Morgan fingerprint density at radius 2 is 2.07 bits per heavy atom. The van der Waals surface area contributed by atoms with E-state index >= 15 is 0 Å². The standard InChI is InChI=1S/C24H33FN2S/c1-8-16(3)21(9-2)23-13-11-20(28-23)15-27-14-17(4)24(19(27)6)22(26-7)12-10-18(5)25/h8-9,11,13,18H,6,10,12,14-15H2,1-5,7H3/b16-8-,21-9+,26-22-. The fourth-order valence-electron chi connectivity index (χ4n) is 3.63. The van der Waals surface area contributed by atoms with Gasteiger partial charge < -0.3 is 4.90 Å². The van der Waals surface area contributed by atoms with E-state index < -0.39 is 6.17 Å². The summed E-state index contributed by atoms with van der Waals surface area (Å²) in [6.07, 6.45) is 4.68. The third kappa shape index (κ3) is 5.11. The molecule has 2 nitrogen and oxygen atoms in total. The van der Waals surface area contributed by atoms with Crippen LogP contribution in [0.15, 0.2) is 58.3 Å². The minimum absolute atomic E-state index is 0.501. The van der Waals surface area contributed by atoms with Crippen molar-refractivity contribution in [2.24, 2.45) is 4.99 Å². The second-order valence-electron chi connectivity index (χ2n) is 7.39. The van der Waals surface area contributed by atoms with Crippen molar-refractivity contribution in [3.05, 3.63) is 63.0 Å². The fraction of sp³-hybridized carbons (Fsp3) is 0.458. The zero-order valence-corrected chi connectivity index (χ0v) is 18.9. The number of aliphatic imine (C=N–C) groups is 1. The van der Waals surface area contributed by atoms with Gasteiger partial charge in [0.2, 0.25) is 0 Å². The fourth-order valence-corrected chi connectivity index (χ4v) is 4.79. The summed E-state index contributed by atoms with van der Waals surface area (Å²) in [6, 6.07) is 4.43. The lowest BCUT2D eigenvalue weighted by Crippen LogP contribution is -2.19. The molecule has 1 aliphatic rings. The predicted octanol–water partition coefficient (Wildman–Crippen LogP) is 6.97. The van der Waals surface area contributed by atoms with Crippen LogP contribution in [0.1, 0.15) is 57.2 Å². The molecule has 0 saturated carbocycles. The van der Waals surface area contributed by atoms with E-state index in [4.69, 9.17) is 0 Å². The molecule has 1 aromatic heterocycles. The first-order chi connectivity index (χ1) is 13.3. The first-order valence-electron chi connectivity index (χ1n) is 9.95. The Labute approximate surface area is 173 Å². The average molecular weight is 401 g/mol. The Morgan fingerprint density at radius 3 is 2.64 bits per heavy atom. The third-order valence-corrected chi connectivity index (χ3v) is 6.39. The van der Waals surface area contributed by atoms with Gasteiger partial charge in [-0.2, -0.15) is 0 Å². The van der Waals surface area contributed by atoms with Gasteiger partial charge in [-0.1, -0.05) is 18.7 Å². The van der Waals surface area contributed by atoms with Gasteiger partial charge in [0.25, 0.3) is 0 Å². The zero-order valence-electron chi connectivity index (χ0n) is 18.1. The Bertz CT molecular complexity index is 837. The SMILES string of the molecule is C=C1C(/C(CCC(C)F)=N\C)=C(C)CN1Cc1ccc(C(=C/C)/C(C)=C\C)s1. The molecule has 0 N–H and O–H groups in total. The summed E-state index contributed by atoms with van der Waals surface area (Å²) in [6.45, 7) is 16.1. The number of nitrogens with zero attached hydrogens (tertiary/aromatic N) is 2. The van der Waals surface area contributed by atoms with Gasteiger partial charge in [0.1, 0.15) is 0 Å². The average Bonchev–Trinajstić information content (AvgIpc) is 3.22. The highest BCUT2D eigenvalue weighted by Crippen LogP contribution is 2.34. The molecule has 0 amide bonds. The van der Waals surface area contributed by atoms with Gasteiger partial charge in [-0.15, -0.1) is 11.3 Å². The number of halogens is 1. The lowest BCUT2D eigenvalue weighted by atomic mass is 10.00. The van der Waals surface area contributed by atoms with Crippen LogP contribution in [0, 0.1) is 0 Å². The van der Waals surface area contributed by atoms with E-state index in [1.165, 1.54) is 26.5 Å². The van der Waals surface area contributed by atoms with Crippen molar-refractivity contribution in [3.63, 3.8) is 0 Å². The quantitative estimate of drug-likeness (QED) is 0.340. The van der Waals surface area contributed by atoms with Gasteiger partial charge in [-0.25, -0.2) is 4.39 Å². The molecule has 28 heavy (non-hydrogen) atoms. The lowest BCUT2D eigenvalue weighted by Gasteiger charge is -2.21. The van der Waals surface area contributed by atoms with Crippen molar-refractivity contribution < 1.29 is 4.39 Å². The molecule has 1 aromatic rings. The van der Waals surface area contributed by atoms with Crippen LogP contribution in [0.2, 0.25) is 0 Å². The molecule has 0 fully saturated rings. The molecule has 0 aromatic carbocycles. The first-order valence-corrected chi connectivity index (χ1v) is 10.8. The minimum atomic E-state index is -0.811. The van der Waals surface area contributed by atoms with E-state index in [9.17, 15) is 4.39 Å². The third-order valence-electron chi connectivity index (χ3n) is 5.28. The Kier molecular flexibility index (Phi) is 7.99. The van der Waals surface area contributed by atoms with Crippen LogP contribution >= 0.6 is 11.3 Å². The molecule has 0 bridgehead atoms. The van der Waals surface area contributed by atoms with Crippen molar-refractivity contribution in [2.75, 3.05) is 13.6 Å². The van der Waals surface area contributed by atoms with Crippen molar-refractivity contribution in [1.29, 1.82) is 0 Å². The minimum Gasteiger partial charge on any atom is -0.362 e. The van der Waals surface area contributed by atoms with E-state index in [1.54, 1.807) is 14.0 Å². The molecule has 1 unspecified atom stereocenters. The number of hydrogen-bond acceptors (Lipinski definition) is 3. The van der Waals surface area contributed by atoms with Crippen LogP contribution in [-0.4, -0.2) is 30.4 Å². The van der Waals surface area contributed by atoms with E-state index in [-0.39, 0.29) is 0 Å². The van der Waals surface area contributed by atoms with Crippen LogP contribution < -0.4 is 0 Å². The van der Waals surface area contributed by atoms with Crippen LogP contribution in [0.3, 0.4) is 0 Å². The van der Waals surface area contributed by atoms with E-state index in [1.807, 2.05) is 11.3 Å². The highest BCUT2D eigenvalue weighted by atomic mass is 32.1. The van der Waals surface area contributed by atoms with Crippen LogP contribution in [-0.2, 0) is 6.54 Å². The first kappa shape index (κ1) is 22.4. The smallest absolute Gasteiger partial charge is 0.0977 e. The number of hydrogen-bond donors (Lipinski definition) is 0. The normalized spacial score (nSPS) is 17.8. The molecule has 1 atom stereocenters. The van der Waals surface area contributed by atoms with Gasteiger partial charge >= 0.3 is 0 Å². The van der Waals surface area contributed by atoms with E-state index in [2.05, 4.69) is 68.5 Å². The molecule has 0 spiro atoms. The summed E-state index contributed by atoms with van der Waals surface area (Å²) >= 11 is 1.84. The number of thiophene rings is 1. The van der Waals surface area contributed by atoms with E-state index in [0.717, 1.165) is 30.1 Å². The lowest BCUT2D eigenvalue weighted by molar-refractivity contribution is 0.346. The van der Waals surface area contributed by atoms with Crippen molar-refractivity contribution in [1.82, 2.24) is 4.90 Å². The molecule has 2 heterocycles. The predicted molar refractivity (Wildman–Crippen MR) is 123 cm³/mol. The molecule has 2 rings (SSSR count). The second-order valence-corrected chi connectivity index (χ2v) is 8.56. The largest absolute Gasteiger partial charge is 0.362 e. The molecular formula is C24H33FN2S. The highest BCUT2D eigenvalue weighted by molar-refractivity contribution is 7.13. The molecule has 0 radical (unpaired) electrons. The maximum Gasteiger partial charge on any atom is 0.0977 e. The maximum absolute atomic E-state index is 13.3. The second kappa shape index (κ2) is 10.0.